The molecule has 0 aromatic rings. The van der Waals surface area contributed by atoms with Crippen molar-refractivity contribution >= 4 is 5.91 Å². The number of hydrogen-bond acceptors (Lipinski definition) is 3. The van der Waals surface area contributed by atoms with Crippen molar-refractivity contribution in [2.24, 2.45) is 0 Å². The van der Waals surface area contributed by atoms with Crippen LogP contribution in [0.25, 0.3) is 0 Å². The average Bonchev–Trinajstić information content (AvgIpc) is 2.57. The fraction of sp³-hybridized carbons (Fsp3) is 0.900. The lowest BCUT2D eigenvalue weighted by Gasteiger charge is -2.29. The Hall–Kier alpha value is -0.610. The third-order valence-corrected chi connectivity index (χ3v) is 3.17. The van der Waals surface area contributed by atoms with Gasteiger partial charge in [-0.3, -0.25) is 10.1 Å². The van der Waals surface area contributed by atoms with E-state index >= 15 is 0 Å². The molecule has 2 heterocycles. The Labute approximate surface area is 84.6 Å². The smallest absolute Gasteiger partial charge is 0.238 e. The SMILES string of the molecule is CC1CC(N2C(=O)CNC2C)C(C)O1. The summed E-state index contributed by atoms with van der Waals surface area (Å²) in [6.45, 7) is 6.61. The largest absolute Gasteiger partial charge is 0.373 e. The summed E-state index contributed by atoms with van der Waals surface area (Å²) in [6, 6.07) is 0.252. The number of carbonyl (C=O) groups is 1. The van der Waals surface area contributed by atoms with E-state index in [2.05, 4.69) is 12.2 Å². The first kappa shape index (κ1) is 9.93. The van der Waals surface area contributed by atoms with Gasteiger partial charge in [0.15, 0.2) is 0 Å². The van der Waals surface area contributed by atoms with E-state index < -0.39 is 0 Å². The molecule has 0 aromatic carbocycles. The Kier molecular flexibility index (Phi) is 2.49. The molecular weight excluding hydrogens is 180 g/mol. The van der Waals surface area contributed by atoms with Crippen LogP contribution in [0.3, 0.4) is 0 Å². The van der Waals surface area contributed by atoms with E-state index in [4.69, 9.17) is 4.74 Å². The van der Waals surface area contributed by atoms with E-state index in [1.807, 2.05) is 18.7 Å². The van der Waals surface area contributed by atoms with E-state index in [1.165, 1.54) is 0 Å². The van der Waals surface area contributed by atoms with Gasteiger partial charge in [0.25, 0.3) is 0 Å². The Morgan fingerprint density at radius 2 is 2.14 bits per heavy atom. The first-order valence-corrected chi connectivity index (χ1v) is 5.29. The van der Waals surface area contributed by atoms with Gasteiger partial charge in [0, 0.05) is 0 Å². The van der Waals surface area contributed by atoms with Gasteiger partial charge in [0.1, 0.15) is 0 Å². The molecule has 0 radical (unpaired) electrons. The number of ether oxygens (including phenoxy) is 1. The third kappa shape index (κ3) is 1.53. The lowest BCUT2D eigenvalue weighted by atomic mass is 10.1. The van der Waals surface area contributed by atoms with Gasteiger partial charge in [-0.15, -0.1) is 0 Å². The summed E-state index contributed by atoms with van der Waals surface area (Å²) in [5, 5.41) is 3.15. The fourth-order valence-corrected chi connectivity index (χ4v) is 2.50. The summed E-state index contributed by atoms with van der Waals surface area (Å²) in [5.41, 5.74) is 0. The third-order valence-electron chi connectivity index (χ3n) is 3.17. The second-order valence-corrected chi connectivity index (χ2v) is 4.31. The van der Waals surface area contributed by atoms with E-state index in [9.17, 15) is 4.79 Å². The molecule has 0 bridgehead atoms. The van der Waals surface area contributed by atoms with Gasteiger partial charge in [-0.25, -0.2) is 0 Å². The number of nitrogens with one attached hydrogen (secondary N) is 1. The highest BCUT2D eigenvalue weighted by atomic mass is 16.5. The van der Waals surface area contributed by atoms with E-state index in [0.29, 0.717) is 6.54 Å². The minimum absolute atomic E-state index is 0.156. The zero-order chi connectivity index (χ0) is 10.3. The maximum absolute atomic E-state index is 11.6. The number of rotatable bonds is 1. The van der Waals surface area contributed by atoms with Crippen molar-refractivity contribution in [1.29, 1.82) is 0 Å². The molecular formula is C10H18N2O2. The molecule has 2 saturated heterocycles. The molecule has 4 atom stereocenters. The lowest BCUT2D eigenvalue weighted by molar-refractivity contribution is -0.131. The predicted molar refractivity (Wildman–Crippen MR) is 52.7 cm³/mol. The standard InChI is InChI=1S/C10H18N2O2/c1-6-4-9(7(2)14-6)12-8(3)11-5-10(12)13/h6-9,11H,4-5H2,1-3H3. The van der Waals surface area contributed by atoms with Gasteiger partial charge in [-0.1, -0.05) is 0 Å². The van der Waals surface area contributed by atoms with Gasteiger partial charge in [0.2, 0.25) is 5.91 Å². The first-order chi connectivity index (χ1) is 6.59. The van der Waals surface area contributed by atoms with Crippen molar-refractivity contribution in [2.45, 2.75) is 51.6 Å². The topological polar surface area (TPSA) is 41.6 Å². The molecule has 4 heteroatoms. The van der Waals surface area contributed by atoms with Crippen LogP contribution in [0.5, 0.6) is 0 Å². The van der Waals surface area contributed by atoms with Crippen molar-refractivity contribution in [3.05, 3.63) is 0 Å². The van der Waals surface area contributed by atoms with Crippen LogP contribution in [0.2, 0.25) is 0 Å². The molecule has 2 aliphatic heterocycles. The molecule has 4 unspecified atom stereocenters. The van der Waals surface area contributed by atoms with Crippen LogP contribution in [0.15, 0.2) is 0 Å². The van der Waals surface area contributed by atoms with Crippen LogP contribution >= 0.6 is 0 Å². The molecule has 2 fully saturated rings. The fourth-order valence-electron chi connectivity index (χ4n) is 2.50. The zero-order valence-electron chi connectivity index (χ0n) is 8.99. The molecule has 0 saturated carbocycles. The number of carbonyl (C=O) groups excluding carboxylic acids is 1. The predicted octanol–water partition coefficient (Wildman–Crippen LogP) is 0.330. The quantitative estimate of drug-likeness (QED) is 0.660. The van der Waals surface area contributed by atoms with Crippen LogP contribution in [0.4, 0.5) is 0 Å². The maximum Gasteiger partial charge on any atom is 0.238 e. The number of nitrogens with zero attached hydrogens (tertiary/aromatic N) is 1. The summed E-state index contributed by atoms with van der Waals surface area (Å²) < 4.78 is 5.66. The highest BCUT2D eigenvalue weighted by Crippen LogP contribution is 2.27. The monoisotopic (exact) mass is 198 g/mol. The van der Waals surface area contributed by atoms with Gasteiger partial charge < -0.3 is 9.64 Å². The molecule has 1 N–H and O–H groups in total. The van der Waals surface area contributed by atoms with E-state index in [1.54, 1.807) is 0 Å². The Morgan fingerprint density at radius 3 is 2.57 bits per heavy atom. The van der Waals surface area contributed by atoms with Crippen molar-refractivity contribution in [3.63, 3.8) is 0 Å². The van der Waals surface area contributed by atoms with Crippen LogP contribution in [-0.2, 0) is 9.53 Å². The van der Waals surface area contributed by atoms with Crippen LogP contribution in [-0.4, -0.2) is 41.8 Å². The first-order valence-electron chi connectivity index (χ1n) is 5.29. The molecule has 0 aliphatic carbocycles. The van der Waals surface area contributed by atoms with Crippen LogP contribution in [0.1, 0.15) is 27.2 Å². The van der Waals surface area contributed by atoms with Crippen molar-refractivity contribution in [3.8, 4) is 0 Å². The molecule has 80 valence electrons. The summed E-state index contributed by atoms with van der Waals surface area (Å²) in [5.74, 6) is 0.201. The highest BCUT2D eigenvalue weighted by Gasteiger charge is 2.41. The normalized spacial score (nSPS) is 43.6. The molecule has 0 spiro atoms. The van der Waals surface area contributed by atoms with E-state index in [0.717, 1.165) is 6.42 Å². The Morgan fingerprint density at radius 1 is 1.43 bits per heavy atom. The van der Waals surface area contributed by atoms with Gasteiger partial charge in [-0.05, 0) is 27.2 Å². The summed E-state index contributed by atoms with van der Waals surface area (Å²) >= 11 is 0. The second-order valence-electron chi connectivity index (χ2n) is 4.31. The van der Waals surface area contributed by atoms with Gasteiger partial charge in [0.05, 0.1) is 31.0 Å². The van der Waals surface area contributed by atoms with Crippen LogP contribution in [0, 0.1) is 0 Å². The molecule has 14 heavy (non-hydrogen) atoms. The number of hydrogen-bond donors (Lipinski definition) is 1. The molecule has 0 aromatic heterocycles. The molecule has 4 nitrogen and oxygen atoms in total. The maximum atomic E-state index is 11.6. The molecule has 1 amide bonds. The minimum Gasteiger partial charge on any atom is -0.373 e. The molecule has 2 aliphatic rings. The second kappa shape index (κ2) is 3.51. The lowest BCUT2D eigenvalue weighted by Crippen LogP contribution is -2.46. The van der Waals surface area contributed by atoms with Crippen molar-refractivity contribution in [1.82, 2.24) is 10.2 Å². The van der Waals surface area contributed by atoms with Gasteiger partial charge >= 0.3 is 0 Å². The van der Waals surface area contributed by atoms with Gasteiger partial charge in [-0.2, -0.15) is 0 Å². The van der Waals surface area contributed by atoms with Crippen molar-refractivity contribution in [2.75, 3.05) is 6.54 Å². The Balaban J connectivity index is 2.10. The summed E-state index contributed by atoms with van der Waals surface area (Å²) in [6.07, 6.45) is 1.55. The Bertz CT molecular complexity index is 244. The minimum atomic E-state index is 0.156. The summed E-state index contributed by atoms with van der Waals surface area (Å²) in [7, 11) is 0. The van der Waals surface area contributed by atoms with Crippen LogP contribution < -0.4 is 5.32 Å². The zero-order valence-corrected chi connectivity index (χ0v) is 8.99. The highest BCUT2D eigenvalue weighted by molar-refractivity contribution is 5.81. The average molecular weight is 198 g/mol. The summed E-state index contributed by atoms with van der Waals surface area (Å²) in [4.78, 5) is 13.6. The van der Waals surface area contributed by atoms with Crippen molar-refractivity contribution < 1.29 is 9.53 Å². The van der Waals surface area contributed by atoms with E-state index in [-0.39, 0.29) is 30.3 Å². The number of amides is 1. The molecule has 2 rings (SSSR count).